The second kappa shape index (κ2) is 6.20. The van der Waals surface area contributed by atoms with E-state index < -0.39 is 47.7 Å². The molecule has 9 nitrogen and oxygen atoms in total. The van der Waals surface area contributed by atoms with Crippen molar-refractivity contribution in [2.24, 2.45) is 0 Å². The van der Waals surface area contributed by atoms with Crippen LogP contribution in [0.15, 0.2) is 0 Å². The molecule has 0 aliphatic rings. The molecule has 0 amide bonds. The molecular formula is C6H12O9S. The smallest absolute Gasteiger partial charge is 0.394 e. The Hall–Kier alpha value is -0.620. The summed E-state index contributed by atoms with van der Waals surface area (Å²) in [5.41, 5.74) is 0. The van der Waals surface area contributed by atoms with E-state index in [1.165, 1.54) is 0 Å². The zero-order valence-corrected chi connectivity index (χ0v) is 8.74. The number of hydrogen-bond donors (Lipinski definition) is 5. The highest BCUT2D eigenvalue weighted by molar-refractivity contribution is 7.80. The molecule has 0 fully saturated rings. The van der Waals surface area contributed by atoms with Crippen LogP contribution in [0.1, 0.15) is 0 Å². The van der Waals surface area contributed by atoms with Gasteiger partial charge in [0, 0.05) is 0 Å². The summed E-state index contributed by atoms with van der Waals surface area (Å²) < 4.78 is 32.7. The van der Waals surface area contributed by atoms with Gasteiger partial charge in [0.25, 0.3) is 0 Å². The van der Waals surface area contributed by atoms with E-state index in [1.54, 1.807) is 0 Å². The highest BCUT2D eigenvalue weighted by Crippen LogP contribution is 2.09. The maximum Gasteiger partial charge on any atom is 0.398 e. The van der Waals surface area contributed by atoms with Crippen molar-refractivity contribution in [1.29, 1.82) is 0 Å². The molecule has 0 rings (SSSR count). The number of aliphatic hydroxyl groups excluding tert-OH is 4. The Kier molecular flexibility index (Phi) is 5.96. The monoisotopic (exact) mass is 260 g/mol. The van der Waals surface area contributed by atoms with Gasteiger partial charge in [-0.25, -0.2) is 4.18 Å². The molecule has 0 bridgehead atoms. The fourth-order valence-corrected chi connectivity index (χ4v) is 1.31. The van der Waals surface area contributed by atoms with Gasteiger partial charge in [0.15, 0.2) is 11.9 Å². The number of ketones is 1. The number of rotatable bonds is 7. The average molecular weight is 260 g/mol. The van der Waals surface area contributed by atoms with E-state index in [4.69, 9.17) is 19.9 Å². The summed E-state index contributed by atoms with van der Waals surface area (Å²) in [5, 5.41) is 35.0. The summed E-state index contributed by atoms with van der Waals surface area (Å²) in [6, 6.07) is 0. The minimum Gasteiger partial charge on any atom is -0.394 e. The molecule has 5 N–H and O–H groups in total. The molecule has 0 aromatic carbocycles. The van der Waals surface area contributed by atoms with Crippen LogP contribution < -0.4 is 0 Å². The lowest BCUT2D eigenvalue weighted by Crippen LogP contribution is -2.47. The third-order valence-electron chi connectivity index (χ3n) is 1.59. The number of hydrogen-bond acceptors (Lipinski definition) is 8. The zero-order chi connectivity index (χ0) is 12.9. The van der Waals surface area contributed by atoms with E-state index in [0.717, 1.165) is 0 Å². The third kappa shape index (κ3) is 4.94. The van der Waals surface area contributed by atoms with E-state index in [0.29, 0.717) is 0 Å². The van der Waals surface area contributed by atoms with Crippen molar-refractivity contribution in [3.8, 4) is 0 Å². The Balaban J connectivity index is 4.87. The van der Waals surface area contributed by atoms with Crippen molar-refractivity contribution in [1.82, 2.24) is 0 Å². The van der Waals surface area contributed by atoms with E-state index in [-0.39, 0.29) is 0 Å². The van der Waals surface area contributed by atoms with Gasteiger partial charge in [0.05, 0.1) is 6.61 Å². The quantitative estimate of drug-likeness (QED) is 0.292. The van der Waals surface area contributed by atoms with Crippen molar-refractivity contribution in [2.45, 2.75) is 18.3 Å². The molecule has 96 valence electrons. The topological polar surface area (TPSA) is 162 Å². The largest absolute Gasteiger partial charge is 0.398 e. The molecule has 0 saturated heterocycles. The van der Waals surface area contributed by atoms with E-state index >= 15 is 0 Å². The molecule has 0 aromatic rings. The number of Topliss-reactive ketones (excluding diaryl/α,β-unsaturated/α-hetero) is 1. The first-order valence-electron chi connectivity index (χ1n) is 3.99. The molecular weight excluding hydrogens is 248 g/mol. The summed E-state index contributed by atoms with van der Waals surface area (Å²) >= 11 is 0. The average Bonchev–Trinajstić information content (AvgIpc) is 2.21. The summed E-state index contributed by atoms with van der Waals surface area (Å²) in [7, 11) is -5.05. The molecule has 0 unspecified atom stereocenters. The van der Waals surface area contributed by atoms with Crippen LogP contribution in [0.3, 0.4) is 0 Å². The first kappa shape index (κ1) is 15.4. The lowest BCUT2D eigenvalue weighted by Gasteiger charge is -2.22. The van der Waals surface area contributed by atoms with Crippen LogP contribution in [-0.2, 0) is 19.4 Å². The van der Waals surface area contributed by atoms with Crippen molar-refractivity contribution in [3.63, 3.8) is 0 Å². The summed E-state index contributed by atoms with van der Waals surface area (Å²) in [4.78, 5) is 10.9. The van der Waals surface area contributed by atoms with E-state index in [1.807, 2.05) is 0 Å². The molecule has 0 aliphatic heterocycles. The Labute approximate surface area is 90.9 Å². The van der Waals surface area contributed by atoms with Crippen LogP contribution in [0, 0.1) is 0 Å². The lowest BCUT2D eigenvalue weighted by molar-refractivity contribution is -0.140. The van der Waals surface area contributed by atoms with Gasteiger partial charge in [0.2, 0.25) is 0 Å². The predicted octanol–water partition coefficient (Wildman–Crippen LogP) is -3.55. The first-order valence-corrected chi connectivity index (χ1v) is 5.35. The van der Waals surface area contributed by atoms with Crippen molar-refractivity contribution < 1.29 is 42.4 Å². The van der Waals surface area contributed by atoms with Crippen LogP contribution in [-0.4, -0.2) is 70.7 Å². The van der Waals surface area contributed by atoms with Crippen LogP contribution in [0.2, 0.25) is 0 Å². The molecule has 3 atom stereocenters. The normalized spacial score (nSPS) is 17.8. The van der Waals surface area contributed by atoms with Gasteiger partial charge in [-0.1, -0.05) is 0 Å². The Morgan fingerprint density at radius 3 is 2.06 bits per heavy atom. The molecule has 0 spiro atoms. The lowest BCUT2D eigenvalue weighted by atomic mass is 10.1. The Morgan fingerprint density at radius 1 is 1.25 bits per heavy atom. The molecule has 0 heterocycles. The van der Waals surface area contributed by atoms with Crippen LogP contribution in [0.25, 0.3) is 0 Å². The molecule has 0 aliphatic carbocycles. The molecule has 16 heavy (non-hydrogen) atoms. The first-order chi connectivity index (χ1) is 7.22. The van der Waals surface area contributed by atoms with Gasteiger partial charge in [-0.3, -0.25) is 9.35 Å². The molecule has 0 aromatic heterocycles. The minimum absolute atomic E-state index is 0.967. The molecule has 0 saturated carbocycles. The zero-order valence-electron chi connectivity index (χ0n) is 7.92. The molecule has 0 radical (unpaired) electrons. The van der Waals surface area contributed by atoms with Gasteiger partial charge < -0.3 is 20.4 Å². The van der Waals surface area contributed by atoms with Crippen molar-refractivity contribution in [3.05, 3.63) is 0 Å². The number of carbonyl (C=O) groups is 1. The summed E-state index contributed by atoms with van der Waals surface area (Å²) in [5.74, 6) is -1.28. The molecule has 10 heteroatoms. The van der Waals surface area contributed by atoms with Gasteiger partial charge >= 0.3 is 10.4 Å². The maximum atomic E-state index is 10.9. The minimum atomic E-state index is -5.05. The van der Waals surface area contributed by atoms with Crippen molar-refractivity contribution >= 4 is 16.2 Å². The summed E-state index contributed by atoms with van der Waals surface area (Å²) in [6.45, 7) is -2.14. The van der Waals surface area contributed by atoms with Crippen LogP contribution in [0.4, 0.5) is 0 Å². The fourth-order valence-electron chi connectivity index (χ4n) is 0.832. The van der Waals surface area contributed by atoms with Gasteiger partial charge in [-0.2, -0.15) is 8.42 Å². The summed E-state index contributed by atoms with van der Waals surface area (Å²) in [6.07, 6.45) is -6.16. The van der Waals surface area contributed by atoms with Gasteiger partial charge in [-0.05, 0) is 0 Å². The Bertz CT molecular complexity index is 323. The SMILES string of the molecule is O=C(CO)[C@H](OS(=O)(=O)O)[C@@H](O)[C@H](O)CO. The highest BCUT2D eigenvalue weighted by atomic mass is 32.3. The second-order valence-electron chi connectivity index (χ2n) is 2.81. The maximum absolute atomic E-state index is 10.9. The third-order valence-corrected chi connectivity index (χ3v) is 2.04. The van der Waals surface area contributed by atoms with E-state index in [9.17, 15) is 18.3 Å². The Morgan fingerprint density at radius 2 is 1.75 bits per heavy atom. The second-order valence-corrected chi connectivity index (χ2v) is 3.86. The van der Waals surface area contributed by atoms with E-state index in [2.05, 4.69) is 4.18 Å². The highest BCUT2D eigenvalue weighted by Gasteiger charge is 2.35. The standard InChI is InChI=1S/C6H12O9S/c7-1-3(9)5(11)6(4(10)2-8)15-16(12,13)14/h3,5-9,11H,1-2H2,(H,12,13,14)/t3-,5+,6+/m1/s1. The number of aliphatic hydroxyl groups is 4. The van der Waals surface area contributed by atoms with Gasteiger partial charge in [-0.15, -0.1) is 0 Å². The van der Waals surface area contributed by atoms with Crippen molar-refractivity contribution in [2.75, 3.05) is 13.2 Å². The van der Waals surface area contributed by atoms with Gasteiger partial charge in [0.1, 0.15) is 18.8 Å². The van der Waals surface area contributed by atoms with Crippen LogP contribution in [0.5, 0.6) is 0 Å². The number of carbonyl (C=O) groups excluding carboxylic acids is 1. The van der Waals surface area contributed by atoms with Crippen LogP contribution >= 0.6 is 0 Å². The fraction of sp³-hybridized carbons (Fsp3) is 0.833. The predicted molar refractivity (Wildman–Crippen MR) is 47.6 cm³/mol.